The van der Waals surface area contributed by atoms with Crippen LogP contribution in [0, 0.1) is 17.0 Å². The Morgan fingerprint density at radius 2 is 2.04 bits per heavy atom. The molecule has 3 rings (SSSR count). The van der Waals surface area contributed by atoms with E-state index in [0.717, 1.165) is 16.6 Å². The Labute approximate surface area is 155 Å². The summed E-state index contributed by atoms with van der Waals surface area (Å²) in [6.45, 7) is 1.84. The highest BCUT2D eigenvalue weighted by Crippen LogP contribution is 2.28. The van der Waals surface area contributed by atoms with E-state index in [1.807, 2.05) is 30.7 Å². The summed E-state index contributed by atoms with van der Waals surface area (Å²) in [6, 6.07) is 11.7. The third kappa shape index (κ3) is 3.37. The van der Waals surface area contributed by atoms with E-state index in [4.69, 9.17) is 4.74 Å². The molecule has 0 saturated carbocycles. The molecule has 27 heavy (non-hydrogen) atoms. The van der Waals surface area contributed by atoms with Crippen LogP contribution in [0.2, 0.25) is 0 Å². The Bertz CT molecular complexity index is 1070. The number of ether oxygens (including phenoxy) is 1. The molecule has 1 amide bonds. The maximum atomic E-state index is 12.7. The molecule has 0 atom stereocenters. The second kappa shape index (κ2) is 7.28. The van der Waals surface area contributed by atoms with E-state index in [1.165, 1.54) is 12.3 Å². The van der Waals surface area contributed by atoms with E-state index >= 15 is 0 Å². The highest BCUT2D eigenvalue weighted by atomic mass is 16.6. The molecule has 0 spiro atoms. The van der Waals surface area contributed by atoms with Gasteiger partial charge in [0.25, 0.3) is 11.6 Å². The van der Waals surface area contributed by atoms with Crippen molar-refractivity contribution in [2.24, 2.45) is 12.1 Å². The maximum absolute atomic E-state index is 12.7. The number of hydrazone groups is 1. The topological polar surface area (TPSA) is 98.8 Å². The molecule has 2 aromatic carbocycles. The van der Waals surface area contributed by atoms with Crippen molar-refractivity contribution in [3.05, 3.63) is 69.4 Å². The van der Waals surface area contributed by atoms with Crippen molar-refractivity contribution < 1.29 is 14.5 Å². The van der Waals surface area contributed by atoms with Crippen molar-refractivity contribution in [3.63, 3.8) is 0 Å². The van der Waals surface area contributed by atoms with Crippen LogP contribution in [0.15, 0.2) is 47.6 Å². The fourth-order valence-electron chi connectivity index (χ4n) is 2.94. The summed E-state index contributed by atoms with van der Waals surface area (Å²) < 4.78 is 7.16. The second-order valence-corrected chi connectivity index (χ2v) is 5.92. The number of methoxy groups -OCH3 is 1. The molecule has 0 fully saturated rings. The van der Waals surface area contributed by atoms with E-state index in [1.54, 1.807) is 31.4 Å². The quantitative estimate of drug-likeness (QED) is 0.426. The number of nitro benzene ring substituents is 1. The van der Waals surface area contributed by atoms with Gasteiger partial charge in [-0.3, -0.25) is 14.9 Å². The van der Waals surface area contributed by atoms with Crippen LogP contribution in [0.4, 0.5) is 5.69 Å². The lowest BCUT2D eigenvalue weighted by Gasteiger charge is -2.02. The predicted molar refractivity (Wildman–Crippen MR) is 102 cm³/mol. The van der Waals surface area contributed by atoms with Gasteiger partial charge in [0.05, 0.1) is 29.4 Å². The minimum absolute atomic E-state index is 0.0819. The van der Waals surface area contributed by atoms with E-state index < -0.39 is 10.8 Å². The summed E-state index contributed by atoms with van der Waals surface area (Å²) in [5, 5.41) is 15.7. The zero-order chi connectivity index (χ0) is 19.6. The van der Waals surface area contributed by atoms with E-state index in [2.05, 4.69) is 10.5 Å². The van der Waals surface area contributed by atoms with Crippen molar-refractivity contribution in [1.29, 1.82) is 0 Å². The first-order valence-electron chi connectivity index (χ1n) is 8.14. The van der Waals surface area contributed by atoms with E-state index in [-0.39, 0.29) is 5.69 Å². The molecule has 1 aromatic heterocycles. The summed E-state index contributed by atoms with van der Waals surface area (Å²) in [5.74, 6) is 0.242. The van der Waals surface area contributed by atoms with Crippen molar-refractivity contribution in [2.75, 3.05) is 7.11 Å². The normalized spacial score (nSPS) is 11.1. The molecule has 3 aromatic rings. The molecule has 0 unspecified atom stereocenters. The zero-order valence-corrected chi connectivity index (χ0v) is 15.1. The number of carbonyl (C=O) groups excluding carboxylic acids is 1. The van der Waals surface area contributed by atoms with Crippen molar-refractivity contribution >= 4 is 28.7 Å². The molecule has 0 radical (unpaired) electrons. The number of aromatic nitrogens is 1. The number of amides is 1. The number of aryl methyl sites for hydroxylation is 1. The summed E-state index contributed by atoms with van der Waals surface area (Å²) in [4.78, 5) is 23.2. The molecule has 0 aliphatic heterocycles. The minimum atomic E-state index is -0.496. The second-order valence-electron chi connectivity index (χ2n) is 5.92. The summed E-state index contributed by atoms with van der Waals surface area (Å²) in [6.07, 6.45) is 1.26. The van der Waals surface area contributed by atoms with Crippen LogP contribution < -0.4 is 10.2 Å². The largest absolute Gasteiger partial charge is 0.497 e. The number of nitrogens with zero attached hydrogens (tertiary/aromatic N) is 3. The van der Waals surface area contributed by atoms with Crippen LogP contribution in [0.1, 0.15) is 21.6 Å². The van der Waals surface area contributed by atoms with Gasteiger partial charge in [-0.05, 0) is 31.2 Å². The standard InChI is InChI=1S/C19H18N4O4/c1-12-18(15-10-14(27-3)8-9-17(15)22(12)2)19(24)21-20-11-13-6-4-5-7-16(13)23(25)26/h4-11H,1-3H3,(H,21,24)/b20-11-. The van der Waals surface area contributed by atoms with E-state index in [9.17, 15) is 14.9 Å². The van der Waals surface area contributed by atoms with Crippen molar-refractivity contribution in [1.82, 2.24) is 9.99 Å². The minimum Gasteiger partial charge on any atom is -0.497 e. The van der Waals surface area contributed by atoms with Gasteiger partial charge in [-0.15, -0.1) is 0 Å². The fraction of sp³-hybridized carbons (Fsp3) is 0.158. The average molecular weight is 366 g/mol. The number of nitrogens with one attached hydrogen (secondary N) is 1. The highest BCUT2D eigenvalue weighted by Gasteiger charge is 2.19. The summed E-state index contributed by atoms with van der Waals surface area (Å²) in [7, 11) is 3.44. The van der Waals surface area contributed by atoms with E-state index in [0.29, 0.717) is 16.9 Å². The van der Waals surface area contributed by atoms with Gasteiger partial charge in [0.1, 0.15) is 5.75 Å². The summed E-state index contributed by atoms with van der Waals surface area (Å²) >= 11 is 0. The van der Waals surface area contributed by atoms with Gasteiger partial charge in [0.2, 0.25) is 0 Å². The van der Waals surface area contributed by atoms with Crippen LogP contribution in [0.3, 0.4) is 0 Å². The maximum Gasteiger partial charge on any atom is 0.278 e. The van der Waals surface area contributed by atoms with Gasteiger partial charge in [0, 0.05) is 29.7 Å². The summed E-state index contributed by atoms with van der Waals surface area (Å²) in [5.41, 5.74) is 4.82. The number of hydrogen-bond donors (Lipinski definition) is 1. The molecule has 8 nitrogen and oxygen atoms in total. The Morgan fingerprint density at radius 3 is 2.74 bits per heavy atom. The first-order valence-corrected chi connectivity index (χ1v) is 8.14. The van der Waals surface area contributed by atoms with Crippen molar-refractivity contribution in [2.45, 2.75) is 6.92 Å². The monoisotopic (exact) mass is 366 g/mol. The lowest BCUT2D eigenvalue weighted by molar-refractivity contribution is -0.385. The Hall–Kier alpha value is -3.68. The SMILES string of the molecule is COc1ccc2c(c1)c(C(=O)N/N=C\c1ccccc1[N+](=O)[O-])c(C)n2C. The van der Waals surface area contributed by atoms with Crippen LogP contribution in [-0.2, 0) is 7.05 Å². The van der Waals surface area contributed by atoms with Gasteiger partial charge in [-0.1, -0.05) is 12.1 Å². The van der Waals surface area contributed by atoms with Crippen LogP contribution in [-0.4, -0.2) is 28.7 Å². The van der Waals surface area contributed by atoms with Crippen LogP contribution in [0.5, 0.6) is 5.75 Å². The molecule has 1 heterocycles. The number of rotatable bonds is 5. The third-order valence-corrected chi connectivity index (χ3v) is 4.43. The molecule has 8 heteroatoms. The van der Waals surface area contributed by atoms with Crippen molar-refractivity contribution in [3.8, 4) is 5.75 Å². The first kappa shape index (κ1) is 18.1. The van der Waals surface area contributed by atoms with Gasteiger partial charge >= 0.3 is 0 Å². The van der Waals surface area contributed by atoms with Crippen LogP contribution >= 0.6 is 0 Å². The molecular formula is C19H18N4O4. The molecule has 138 valence electrons. The number of hydrogen-bond acceptors (Lipinski definition) is 5. The number of carbonyl (C=O) groups is 1. The Balaban J connectivity index is 1.91. The van der Waals surface area contributed by atoms with Gasteiger partial charge in [-0.2, -0.15) is 5.10 Å². The van der Waals surface area contributed by atoms with Gasteiger partial charge in [-0.25, -0.2) is 5.43 Å². The fourth-order valence-corrected chi connectivity index (χ4v) is 2.94. The Kier molecular flexibility index (Phi) is 4.89. The van der Waals surface area contributed by atoms with Gasteiger partial charge in [0.15, 0.2) is 0 Å². The third-order valence-electron chi connectivity index (χ3n) is 4.43. The number of para-hydroxylation sites is 1. The molecule has 0 aliphatic carbocycles. The molecule has 0 saturated heterocycles. The zero-order valence-electron chi connectivity index (χ0n) is 15.1. The predicted octanol–water partition coefficient (Wildman–Crippen LogP) is 3.17. The first-order chi connectivity index (χ1) is 12.9. The number of benzene rings is 2. The smallest absolute Gasteiger partial charge is 0.278 e. The number of nitro groups is 1. The highest BCUT2D eigenvalue weighted by molar-refractivity contribution is 6.09. The lowest BCUT2D eigenvalue weighted by Crippen LogP contribution is -2.18. The average Bonchev–Trinajstić information content (AvgIpc) is 2.92. The Morgan fingerprint density at radius 1 is 1.30 bits per heavy atom. The lowest BCUT2D eigenvalue weighted by atomic mass is 10.1. The molecule has 0 bridgehead atoms. The molecule has 1 N–H and O–H groups in total. The molecule has 0 aliphatic rings. The van der Waals surface area contributed by atoms with Gasteiger partial charge < -0.3 is 9.30 Å². The number of fused-ring (bicyclic) bond motifs is 1. The molecular weight excluding hydrogens is 348 g/mol. The van der Waals surface area contributed by atoms with Crippen LogP contribution in [0.25, 0.3) is 10.9 Å².